The van der Waals surface area contributed by atoms with Crippen molar-refractivity contribution in [3.63, 3.8) is 0 Å². The summed E-state index contributed by atoms with van der Waals surface area (Å²) in [5, 5.41) is 24.9. The lowest BCUT2D eigenvalue weighted by atomic mass is 10.0. The van der Waals surface area contributed by atoms with Crippen molar-refractivity contribution in [2.75, 3.05) is 13.1 Å². The predicted octanol–water partition coefficient (Wildman–Crippen LogP) is -3.33. The zero-order chi connectivity index (χ0) is 24.1. The van der Waals surface area contributed by atoms with E-state index in [0.29, 0.717) is 0 Å². The third kappa shape index (κ3) is 11.4. The van der Waals surface area contributed by atoms with Gasteiger partial charge in [-0.05, 0) is 18.8 Å². The largest absolute Gasteiger partial charge is 0.481 e. The molecule has 3 atom stereocenters. The average Bonchev–Trinajstić information content (AvgIpc) is 2.66. The summed E-state index contributed by atoms with van der Waals surface area (Å²) in [4.78, 5) is 62.7. The molecule has 31 heavy (non-hydrogen) atoms. The van der Waals surface area contributed by atoms with Gasteiger partial charge >= 0.3 is 11.9 Å². The number of carboxylic acid groups (broad SMARTS) is 2. The third-order valence-corrected chi connectivity index (χ3v) is 4.02. The second kappa shape index (κ2) is 13.7. The normalized spacial score (nSPS) is 13.4. The van der Waals surface area contributed by atoms with Gasteiger partial charge in [0.05, 0.1) is 13.0 Å². The molecule has 0 saturated carbocycles. The molecule has 11 N–H and O–H groups in total. The van der Waals surface area contributed by atoms with Gasteiger partial charge in [0.2, 0.25) is 17.7 Å². The van der Waals surface area contributed by atoms with Crippen LogP contribution in [-0.2, 0) is 24.0 Å². The summed E-state index contributed by atoms with van der Waals surface area (Å²) in [7, 11) is 0. The minimum absolute atomic E-state index is 0.0173. The van der Waals surface area contributed by atoms with E-state index in [1.165, 1.54) is 0 Å². The Morgan fingerprint density at radius 2 is 1.52 bits per heavy atom. The Balaban J connectivity index is 5.45. The molecule has 176 valence electrons. The van der Waals surface area contributed by atoms with Gasteiger partial charge in [-0.2, -0.15) is 0 Å². The van der Waals surface area contributed by atoms with Crippen LogP contribution in [0.4, 0.5) is 0 Å². The van der Waals surface area contributed by atoms with Gasteiger partial charge in [-0.3, -0.25) is 24.2 Å². The number of amides is 3. The SMILES string of the molecule is CC(C)C(NC(=O)CN)C(=O)NC(CCCN=C(N)N)C(=O)NC(CC(=O)O)C(=O)O. The fourth-order valence-corrected chi connectivity index (χ4v) is 2.45. The molecule has 14 nitrogen and oxygen atoms in total. The molecular weight excluding hydrogens is 414 g/mol. The van der Waals surface area contributed by atoms with Crippen molar-refractivity contribution in [3.8, 4) is 0 Å². The molecule has 0 aliphatic rings. The maximum atomic E-state index is 12.7. The van der Waals surface area contributed by atoms with Crippen LogP contribution in [0.15, 0.2) is 4.99 Å². The minimum atomic E-state index is -1.69. The summed E-state index contributed by atoms with van der Waals surface area (Å²) >= 11 is 0. The van der Waals surface area contributed by atoms with E-state index in [2.05, 4.69) is 20.9 Å². The quantitative estimate of drug-likeness (QED) is 0.0749. The smallest absolute Gasteiger partial charge is 0.326 e. The zero-order valence-electron chi connectivity index (χ0n) is 17.5. The lowest BCUT2D eigenvalue weighted by Crippen LogP contribution is -2.57. The van der Waals surface area contributed by atoms with Crippen molar-refractivity contribution in [1.82, 2.24) is 16.0 Å². The highest BCUT2D eigenvalue weighted by atomic mass is 16.4. The van der Waals surface area contributed by atoms with E-state index in [-0.39, 0.29) is 37.8 Å². The number of carboxylic acids is 2. The van der Waals surface area contributed by atoms with Crippen LogP contribution in [0.1, 0.15) is 33.1 Å². The van der Waals surface area contributed by atoms with E-state index in [1.807, 2.05) is 0 Å². The van der Waals surface area contributed by atoms with Gasteiger partial charge in [0, 0.05) is 6.54 Å². The van der Waals surface area contributed by atoms with Gasteiger partial charge in [0.1, 0.15) is 18.1 Å². The fraction of sp³-hybridized carbons (Fsp3) is 0.647. The zero-order valence-corrected chi connectivity index (χ0v) is 17.5. The van der Waals surface area contributed by atoms with Crippen molar-refractivity contribution in [2.24, 2.45) is 28.1 Å². The van der Waals surface area contributed by atoms with Gasteiger partial charge in [-0.15, -0.1) is 0 Å². The molecule has 0 radical (unpaired) electrons. The lowest BCUT2D eigenvalue weighted by Gasteiger charge is -2.26. The second-order valence-electron chi connectivity index (χ2n) is 7.00. The van der Waals surface area contributed by atoms with Crippen LogP contribution >= 0.6 is 0 Å². The highest BCUT2D eigenvalue weighted by Gasteiger charge is 2.31. The Bertz CT molecular complexity index is 692. The van der Waals surface area contributed by atoms with Gasteiger partial charge < -0.3 is 43.4 Å². The van der Waals surface area contributed by atoms with E-state index in [9.17, 15) is 24.0 Å². The first kappa shape index (κ1) is 27.6. The summed E-state index contributed by atoms with van der Waals surface area (Å²) in [6.07, 6.45) is -0.589. The molecule has 14 heteroatoms. The maximum Gasteiger partial charge on any atom is 0.326 e. The summed E-state index contributed by atoms with van der Waals surface area (Å²) in [6.45, 7) is 3.13. The number of aliphatic imine (C=N–C) groups is 1. The molecule has 0 rings (SSSR count). The number of carbonyl (C=O) groups excluding carboxylic acids is 3. The molecule has 0 bridgehead atoms. The molecule has 3 unspecified atom stereocenters. The van der Waals surface area contributed by atoms with Crippen LogP contribution in [-0.4, -0.2) is 77.0 Å². The molecule has 0 fully saturated rings. The van der Waals surface area contributed by atoms with E-state index in [1.54, 1.807) is 13.8 Å². The van der Waals surface area contributed by atoms with Crippen molar-refractivity contribution in [2.45, 2.75) is 51.2 Å². The highest BCUT2D eigenvalue weighted by Crippen LogP contribution is 2.06. The number of hydrogen-bond donors (Lipinski definition) is 8. The van der Waals surface area contributed by atoms with Crippen LogP contribution in [0.25, 0.3) is 0 Å². The van der Waals surface area contributed by atoms with Crippen molar-refractivity contribution in [1.29, 1.82) is 0 Å². The van der Waals surface area contributed by atoms with Crippen molar-refractivity contribution >= 4 is 35.6 Å². The molecule has 0 aliphatic heterocycles. The first-order valence-electron chi connectivity index (χ1n) is 9.49. The summed E-state index contributed by atoms with van der Waals surface area (Å²) in [5.74, 6) is -5.65. The van der Waals surface area contributed by atoms with Crippen LogP contribution < -0.4 is 33.2 Å². The third-order valence-electron chi connectivity index (χ3n) is 4.02. The second-order valence-corrected chi connectivity index (χ2v) is 7.00. The molecule has 0 aliphatic carbocycles. The Kier molecular flexibility index (Phi) is 12.2. The molecular formula is C17H31N7O7. The number of nitrogens with zero attached hydrogens (tertiary/aromatic N) is 1. The van der Waals surface area contributed by atoms with Crippen LogP contribution in [0.5, 0.6) is 0 Å². The number of hydrogen-bond acceptors (Lipinski definition) is 7. The summed E-state index contributed by atoms with van der Waals surface area (Å²) in [6, 6.07) is -3.92. The number of carbonyl (C=O) groups is 5. The maximum absolute atomic E-state index is 12.7. The van der Waals surface area contributed by atoms with E-state index < -0.39 is 54.2 Å². The Hall–Kier alpha value is -3.42. The standard InChI is InChI=1S/C17H31N7O7/c1-8(2)13(24-11(25)7-18)15(29)22-9(4-3-5-21-17(19)20)14(28)23-10(16(30)31)6-12(26)27/h8-10,13H,3-7,18H2,1-2H3,(H,22,29)(H,23,28)(H,24,25)(H,26,27)(H,30,31)(H4,19,20,21). The number of nitrogens with one attached hydrogen (secondary N) is 3. The average molecular weight is 445 g/mol. The van der Waals surface area contributed by atoms with Gasteiger partial charge in [0.15, 0.2) is 5.96 Å². The molecule has 0 saturated heterocycles. The number of rotatable bonds is 14. The van der Waals surface area contributed by atoms with Gasteiger partial charge in [-0.1, -0.05) is 13.8 Å². The van der Waals surface area contributed by atoms with Crippen LogP contribution in [0, 0.1) is 5.92 Å². The molecule has 3 amide bonds. The Morgan fingerprint density at radius 1 is 0.935 bits per heavy atom. The van der Waals surface area contributed by atoms with Crippen molar-refractivity contribution < 1.29 is 34.2 Å². The molecule has 0 aromatic carbocycles. The topological polar surface area (TPSA) is 252 Å². The Morgan fingerprint density at radius 3 is 1.97 bits per heavy atom. The van der Waals surface area contributed by atoms with Gasteiger partial charge in [-0.25, -0.2) is 4.79 Å². The minimum Gasteiger partial charge on any atom is -0.481 e. The van der Waals surface area contributed by atoms with E-state index in [4.69, 9.17) is 27.4 Å². The van der Waals surface area contributed by atoms with Crippen molar-refractivity contribution in [3.05, 3.63) is 0 Å². The highest BCUT2D eigenvalue weighted by molar-refractivity contribution is 5.94. The van der Waals surface area contributed by atoms with E-state index in [0.717, 1.165) is 0 Å². The lowest BCUT2D eigenvalue weighted by molar-refractivity contribution is -0.147. The first-order valence-corrected chi connectivity index (χ1v) is 9.49. The monoisotopic (exact) mass is 445 g/mol. The van der Waals surface area contributed by atoms with E-state index >= 15 is 0 Å². The summed E-state index contributed by atoms with van der Waals surface area (Å²) in [5.41, 5.74) is 15.7. The molecule has 0 heterocycles. The van der Waals surface area contributed by atoms with Gasteiger partial charge in [0.25, 0.3) is 0 Å². The Labute approximate surface area is 179 Å². The first-order chi connectivity index (χ1) is 14.4. The molecule has 0 spiro atoms. The molecule has 0 aromatic heterocycles. The van der Waals surface area contributed by atoms with Crippen LogP contribution in [0.2, 0.25) is 0 Å². The number of aliphatic carboxylic acids is 2. The number of guanidine groups is 1. The number of nitrogens with two attached hydrogens (primary N) is 3. The summed E-state index contributed by atoms with van der Waals surface area (Å²) < 4.78 is 0. The fourth-order valence-electron chi connectivity index (χ4n) is 2.45. The predicted molar refractivity (Wildman–Crippen MR) is 109 cm³/mol. The molecule has 0 aromatic rings. The van der Waals surface area contributed by atoms with Crippen LogP contribution in [0.3, 0.4) is 0 Å².